The van der Waals surface area contributed by atoms with Crippen LogP contribution in [0.25, 0.3) is 0 Å². The Morgan fingerprint density at radius 2 is 2.14 bits per heavy atom. The van der Waals surface area contributed by atoms with E-state index in [2.05, 4.69) is 60.3 Å². The summed E-state index contributed by atoms with van der Waals surface area (Å²) in [6.45, 7) is 12.1. The fraction of sp³-hybridized carbons (Fsp3) is 0.733. The molecule has 5 nitrogen and oxygen atoms in total. The van der Waals surface area contributed by atoms with Crippen LogP contribution in [0.5, 0.6) is 0 Å². The summed E-state index contributed by atoms with van der Waals surface area (Å²) in [6, 6.07) is 0.559. The summed E-state index contributed by atoms with van der Waals surface area (Å²) in [5.74, 6) is 0.892. The highest BCUT2D eigenvalue weighted by molar-refractivity contribution is 14.0. The molecule has 2 N–H and O–H groups in total. The van der Waals surface area contributed by atoms with Gasteiger partial charge in [0.1, 0.15) is 0 Å². The number of thiazole rings is 1. The molecule has 0 radical (unpaired) electrons. The van der Waals surface area contributed by atoms with Gasteiger partial charge in [-0.1, -0.05) is 0 Å². The van der Waals surface area contributed by atoms with Crippen LogP contribution in [-0.2, 0) is 6.42 Å². The van der Waals surface area contributed by atoms with Crippen molar-refractivity contribution in [3.8, 4) is 0 Å². The molecular formula is C15H30IN5S. The lowest BCUT2D eigenvalue weighted by atomic mass is 10.3. The Labute approximate surface area is 156 Å². The maximum Gasteiger partial charge on any atom is 0.191 e. The first-order valence-corrected chi connectivity index (χ1v) is 8.48. The van der Waals surface area contributed by atoms with Crippen molar-refractivity contribution in [1.29, 1.82) is 0 Å². The highest BCUT2D eigenvalue weighted by Gasteiger charge is 2.03. The third kappa shape index (κ3) is 8.89. The van der Waals surface area contributed by atoms with Gasteiger partial charge in [-0.3, -0.25) is 4.99 Å². The number of likely N-dealkylation sites (N-methyl/N-ethyl adjacent to an activating group) is 1. The van der Waals surface area contributed by atoms with Crippen molar-refractivity contribution in [3.05, 3.63) is 16.1 Å². The quantitative estimate of drug-likeness (QED) is 0.371. The number of aromatic nitrogens is 1. The van der Waals surface area contributed by atoms with Crippen molar-refractivity contribution in [2.24, 2.45) is 4.99 Å². The maximum absolute atomic E-state index is 4.61. The number of halogens is 1. The van der Waals surface area contributed by atoms with E-state index in [9.17, 15) is 0 Å². The summed E-state index contributed by atoms with van der Waals surface area (Å²) in [4.78, 5) is 12.5. The van der Waals surface area contributed by atoms with Crippen LogP contribution in [0.3, 0.4) is 0 Å². The van der Waals surface area contributed by atoms with Crippen molar-refractivity contribution in [2.45, 2.75) is 40.2 Å². The first-order valence-electron chi connectivity index (χ1n) is 7.66. The van der Waals surface area contributed by atoms with Crippen LogP contribution in [0, 0.1) is 6.92 Å². The molecule has 0 aliphatic heterocycles. The average Bonchev–Trinajstić information content (AvgIpc) is 2.84. The maximum atomic E-state index is 4.61. The second kappa shape index (κ2) is 12.1. The average molecular weight is 439 g/mol. The second-order valence-corrected chi connectivity index (χ2v) is 6.70. The molecule has 0 saturated carbocycles. The topological polar surface area (TPSA) is 52.6 Å². The molecule has 0 aliphatic rings. The van der Waals surface area contributed by atoms with Crippen molar-refractivity contribution < 1.29 is 0 Å². The number of guanidine groups is 1. The number of nitrogens with zero attached hydrogens (tertiary/aromatic N) is 3. The molecule has 0 amide bonds. The van der Waals surface area contributed by atoms with Crippen LogP contribution >= 0.6 is 35.3 Å². The number of hydrogen-bond acceptors (Lipinski definition) is 4. The Balaban J connectivity index is 0.00000441. The third-order valence-corrected chi connectivity index (χ3v) is 4.22. The van der Waals surface area contributed by atoms with E-state index in [4.69, 9.17) is 0 Å². The lowest BCUT2D eigenvalue weighted by Crippen LogP contribution is -2.39. The van der Waals surface area contributed by atoms with Crippen LogP contribution in [0.4, 0.5) is 0 Å². The molecule has 0 aliphatic carbocycles. The molecule has 1 rings (SSSR count). The normalized spacial score (nSPS) is 11.7. The Bertz CT molecular complexity index is 433. The molecule has 0 spiro atoms. The van der Waals surface area contributed by atoms with Gasteiger partial charge in [0.15, 0.2) is 5.96 Å². The number of rotatable bonds is 8. The SMILES string of the molecule is CCNC(=NCCN(C)C(C)C)NCCc1ncc(C)s1.I. The lowest BCUT2D eigenvalue weighted by Gasteiger charge is -2.20. The predicted molar refractivity (Wildman–Crippen MR) is 108 cm³/mol. The van der Waals surface area contributed by atoms with Gasteiger partial charge >= 0.3 is 0 Å². The minimum absolute atomic E-state index is 0. The second-order valence-electron chi connectivity index (χ2n) is 5.38. The Hall–Kier alpha value is -0.410. The van der Waals surface area contributed by atoms with E-state index in [0.29, 0.717) is 6.04 Å². The monoisotopic (exact) mass is 439 g/mol. The summed E-state index contributed by atoms with van der Waals surface area (Å²) >= 11 is 1.76. The predicted octanol–water partition coefficient (Wildman–Crippen LogP) is 2.51. The highest BCUT2D eigenvalue weighted by Crippen LogP contribution is 2.10. The van der Waals surface area contributed by atoms with E-state index in [1.165, 1.54) is 9.88 Å². The minimum Gasteiger partial charge on any atom is -0.357 e. The molecule has 1 aromatic heterocycles. The largest absolute Gasteiger partial charge is 0.357 e. The van der Waals surface area contributed by atoms with Crippen molar-refractivity contribution in [1.82, 2.24) is 20.5 Å². The molecule has 0 atom stereocenters. The number of aliphatic imine (C=N–C) groups is 1. The standard InChI is InChI=1S/C15H29N5S.HI/c1-6-16-15(18-9-10-20(5)12(2)3)17-8-7-14-19-11-13(4)21-14;/h11-12H,6-10H2,1-5H3,(H2,16,17,18);1H. The van der Waals surface area contributed by atoms with Crippen LogP contribution in [0.15, 0.2) is 11.2 Å². The zero-order valence-electron chi connectivity index (χ0n) is 14.3. The smallest absolute Gasteiger partial charge is 0.191 e. The molecule has 22 heavy (non-hydrogen) atoms. The number of nitrogens with one attached hydrogen (secondary N) is 2. The van der Waals surface area contributed by atoms with E-state index in [1.54, 1.807) is 11.3 Å². The van der Waals surface area contributed by atoms with Gasteiger partial charge in [-0.15, -0.1) is 35.3 Å². The Kier molecular flexibility index (Phi) is 11.8. The van der Waals surface area contributed by atoms with E-state index in [1.807, 2.05) is 6.20 Å². The Morgan fingerprint density at radius 1 is 1.41 bits per heavy atom. The van der Waals surface area contributed by atoms with Crippen molar-refractivity contribution >= 4 is 41.3 Å². The molecule has 0 unspecified atom stereocenters. The van der Waals surface area contributed by atoms with Gasteiger partial charge in [0.05, 0.1) is 11.6 Å². The van der Waals surface area contributed by atoms with E-state index in [0.717, 1.165) is 38.6 Å². The molecule has 7 heteroatoms. The van der Waals surface area contributed by atoms with Crippen molar-refractivity contribution in [2.75, 3.05) is 33.2 Å². The first-order chi connectivity index (χ1) is 10.0. The van der Waals surface area contributed by atoms with E-state index in [-0.39, 0.29) is 24.0 Å². The fourth-order valence-corrected chi connectivity index (χ4v) is 2.51. The summed E-state index contributed by atoms with van der Waals surface area (Å²) in [6.07, 6.45) is 2.87. The number of hydrogen-bond donors (Lipinski definition) is 2. The lowest BCUT2D eigenvalue weighted by molar-refractivity contribution is 0.282. The summed E-state index contributed by atoms with van der Waals surface area (Å²) in [5, 5.41) is 7.83. The van der Waals surface area contributed by atoms with Gasteiger partial charge in [-0.2, -0.15) is 0 Å². The molecular weight excluding hydrogens is 409 g/mol. The zero-order chi connectivity index (χ0) is 15.7. The molecule has 128 valence electrons. The molecule has 0 fully saturated rings. The van der Waals surface area contributed by atoms with Crippen molar-refractivity contribution in [3.63, 3.8) is 0 Å². The number of aryl methyl sites for hydroxylation is 1. The van der Waals surface area contributed by atoms with E-state index >= 15 is 0 Å². The zero-order valence-corrected chi connectivity index (χ0v) is 17.5. The molecule has 1 aromatic rings. The summed E-state index contributed by atoms with van der Waals surface area (Å²) in [7, 11) is 2.13. The van der Waals surface area contributed by atoms with Gasteiger partial charge in [-0.25, -0.2) is 4.98 Å². The Morgan fingerprint density at radius 3 is 2.68 bits per heavy atom. The third-order valence-electron chi connectivity index (χ3n) is 3.25. The highest BCUT2D eigenvalue weighted by atomic mass is 127. The van der Waals surface area contributed by atoms with Gasteiger partial charge in [0, 0.05) is 43.2 Å². The van der Waals surface area contributed by atoms with Crippen LogP contribution in [0.2, 0.25) is 0 Å². The van der Waals surface area contributed by atoms with Gasteiger partial charge in [-0.05, 0) is 34.7 Å². The molecule has 0 bridgehead atoms. The van der Waals surface area contributed by atoms with Crippen LogP contribution in [-0.4, -0.2) is 55.1 Å². The van der Waals surface area contributed by atoms with Gasteiger partial charge in [0.2, 0.25) is 0 Å². The molecule has 0 saturated heterocycles. The van der Waals surface area contributed by atoms with Gasteiger partial charge < -0.3 is 15.5 Å². The molecule has 0 aromatic carbocycles. The summed E-state index contributed by atoms with van der Waals surface area (Å²) < 4.78 is 0. The summed E-state index contributed by atoms with van der Waals surface area (Å²) in [5.41, 5.74) is 0. The molecule has 1 heterocycles. The van der Waals surface area contributed by atoms with E-state index < -0.39 is 0 Å². The van der Waals surface area contributed by atoms with Crippen LogP contribution in [0.1, 0.15) is 30.7 Å². The van der Waals surface area contributed by atoms with Crippen LogP contribution < -0.4 is 10.6 Å². The minimum atomic E-state index is 0. The fourth-order valence-electron chi connectivity index (χ4n) is 1.72. The first kappa shape index (κ1) is 21.6. The van der Waals surface area contributed by atoms with Gasteiger partial charge in [0.25, 0.3) is 0 Å².